The van der Waals surface area contributed by atoms with Crippen molar-refractivity contribution in [2.45, 2.75) is 33.2 Å². The average molecular weight is 280 g/mol. The fourth-order valence-electron chi connectivity index (χ4n) is 1.85. The number of amides is 1. The molecule has 19 heavy (non-hydrogen) atoms. The number of nitrogens with one attached hydrogen (secondary N) is 2. The van der Waals surface area contributed by atoms with Gasteiger partial charge in [-0.15, -0.1) is 0 Å². The van der Waals surface area contributed by atoms with E-state index in [4.69, 9.17) is 0 Å². The molecule has 1 amide bonds. The molecule has 0 saturated heterocycles. The van der Waals surface area contributed by atoms with Gasteiger partial charge in [-0.2, -0.15) is 11.8 Å². The molecule has 1 aromatic rings. The maximum absolute atomic E-state index is 12.2. The maximum Gasteiger partial charge on any atom is 0.251 e. The smallest absolute Gasteiger partial charge is 0.251 e. The Morgan fingerprint density at radius 2 is 2.16 bits per heavy atom. The number of rotatable bonds is 7. The number of hydrogen-bond donors (Lipinski definition) is 2. The van der Waals surface area contributed by atoms with Gasteiger partial charge in [0.05, 0.1) is 0 Å². The average Bonchev–Trinajstić information content (AvgIpc) is 2.38. The molecule has 0 fully saturated rings. The van der Waals surface area contributed by atoms with Crippen LogP contribution in [0.1, 0.15) is 36.2 Å². The SMILES string of the molecule is CCSCCC(C)NC(=O)c1ccc(NC)cc1C. The van der Waals surface area contributed by atoms with Crippen LogP contribution in [0, 0.1) is 6.92 Å². The summed E-state index contributed by atoms with van der Waals surface area (Å²) in [6.07, 6.45) is 1.01. The summed E-state index contributed by atoms with van der Waals surface area (Å²) in [7, 11) is 1.88. The molecule has 1 aromatic carbocycles. The summed E-state index contributed by atoms with van der Waals surface area (Å²) in [6, 6.07) is 6.02. The second-order valence-corrected chi connectivity index (χ2v) is 6.03. The Morgan fingerprint density at radius 1 is 1.42 bits per heavy atom. The van der Waals surface area contributed by atoms with E-state index in [1.165, 1.54) is 0 Å². The summed E-state index contributed by atoms with van der Waals surface area (Å²) < 4.78 is 0. The standard InChI is InChI=1S/C15H24N2OS/c1-5-19-9-8-12(3)17-15(18)14-7-6-13(16-4)10-11(14)2/h6-7,10,12,16H,5,8-9H2,1-4H3,(H,17,18). The first-order chi connectivity index (χ1) is 9.08. The van der Waals surface area contributed by atoms with Gasteiger partial charge in [0.15, 0.2) is 0 Å². The number of hydrogen-bond acceptors (Lipinski definition) is 3. The molecule has 4 heteroatoms. The van der Waals surface area contributed by atoms with Crippen LogP contribution in [0.4, 0.5) is 5.69 Å². The number of benzene rings is 1. The molecule has 1 atom stereocenters. The van der Waals surface area contributed by atoms with E-state index in [0.29, 0.717) is 0 Å². The van der Waals surface area contributed by atoms with Gasteiger partial charge in [-0.1, -0.05) is 6.92 Å². The quantitative estimate of drug-likeness (QED) is 0.753. The molecular formula is C15H24N2OS. The van der Waals surface area contributed by atoms with Crippen molar-refractivity contribution in [2.24, 2.45) is 0 Å². The first-order valence-electron chi connectivity index (χ1n) is 6.75. The van der Waals surface area contributed by atoms with Crippen molar-refractivity contribution < 1.29 is 4.79 Å². The fourth-order valence-corrected chi connectivity index (χ4v) is 2.66. The van der Waals surface area contributed by atoms with E-state index < -0.39 is 0 Å². The number of anilines is 1. The molecule has 0 aliphatic heterocycles. The van der Waals surface area contributed by atoms with Gasteiger partial charge < -0.3 is 10.6 Å². The summed E-state index contributed by atoms with van der Waals surface area (Å²) >= 11 is 1.91. The molecule has 0 spiro atoms. The second-order valence-electron chi connectivity index (χ2n) is 4.64. The van der Waals surface area contributed by atoms with E-state index in [2.05, 4.69) is 24.5 Å². The number of aryl methyl sites for hydroxylation is 1. The fraction of sp³-hybridized carbons (Fsp3) is 0.533. The monoisotopic (exact) mass is 280 g/mol. The molecule has 0 aromatic heterocycles. The Morgan fingerprint density at radius 3 is 2.74 bits per heavy atom. The highest BCUT2D eigenvalue weighted by molar-refractivity contribution is 7.99. The van der Waals surface area contributed by atoms with Gasteiger partial charge in [0.2, 0.25) is 0 Å². The molecule has 1 rings (SSSR count). The zero-order valence-corrected chi connectivity index (χ0v) is 13.1. The lowest BCUT2D eigenvalue weighted by molar-refractivity contribution is 0.0939. The van der Waals surface area contributed by atoms with E-state index in [1.54, 1.807) is 0 Å². The van der Waals surface area contributed by atoms with Crippen LogP contribution >= 0.6 is 11.8 Å². The lowest BCUT2D eigenvalue weighted by Gasteiger charge is -2.15. The van der Waals surface area contributed by atoms with E-state index in [-0.39, 0.29) is 11.9 Å². The molecule has 2 N–H and O–H groups in total. The highest BCUT2D eigenvalue weighted by Gasteiger charge is 2.12. The van der Waals surface area contributed by atoms with Gasteiger partial charge >= 0.3 is 0 Å². The normalized spacial score (nSPS) is 12.0. The Labute approximate surface area is 120 Å². The highest BCUT2D eigenvalue weighted by Crippen LogP contribution is 2.15. The minimum atomic E-state index is 0.0224. The van der Waals surface area contributed by atoms with E-state index in [0.717, 1.165) is 34.7 Å². The van der Waals surface area contributed by atoms with Crippen molar-refractivity contribution in [3.05, 3.63) is 29.3 Å². The molecule has 0 bridgehead atoms. The second kappa shape index (κ2) is 8.10. The summed E-state index contributed by atoms with van der Waals surface area (Å²) in [6.45, 7) is 6.18. The number of carbonyl (C=O) groups is 1. The van der Waals surface area contributed by atoms with Crippen molar-refractivity contribution in [3.8, 4) is 0 Å². The topological polar surface area (TPSA) is 41.1 Å². The Bertz CT molecular complexity index is 421. The third kappa shape index (κ3) is 5.15. The van der Waals surface area contributed by atoms with Crippen molar-refractivity contribution in [3.63, 3.8) is 0 Å². The molecular weight excluding hydrogens is 256 g/mol. The largest absolute Gasteiger partial charge is 0.388 e. The summed E-state index contributed by atoms with van der Waals surface area (Å²) in [4.78, 5) is 12.2. The Balaban J connectivity index is 2.57. The number of carbonyl (C=O) groups excluding carboxylic acids is 1. The van der Waals surface area contributed by atoms with Crippen LogP contribution in [0.25, 0.3) is 0 Å². The first-order valence-corrected chi connectivity index (χ1v) is 7.91. The van der Waals surface area contributed by atoms with Crippen LogP contribution < -0.4 is 10.6 Å². The maximum atomic E-state index is 12.2. The van der Waals surface area contributed by atoms with Gasteiger partial charge in [-0.05, 0) is 55.5 Å². The summed E-state index contributed by atoms with van der Waals surface area (Å²) in [5.74, 6) is 2.25. The predicted molar refractivity (Wildman–Crippen MR) is 85.3 cm³/mol. The minimum Gasteiger partial charge on any atom is -0.388 e. The summed E-state index contributed by atoms with van der Waals surface area (Å²) in [5, 5.41) is 6.14. The molecule has 3 nitrogen and oxygen atoms in total. The minimum absolute atomic E-state index is 0.0224. The predicted octanol–water partition coefficient (Wildman–Crippen LogP) is 3.30. The Kier molecular flexibility index (Phi) is 6.78. The van der Waals surface area contributed by atoms with E-state index in [1.807, 2.05) is 43.9 Å². The third-order valence-corrected chi connectivity index (χ3v) is 3.97. The zero-order valence-electron chi connectivity index (χ0n) is 12.2. The van der Waals surface area contributed by atoms with Crippen LogP contribution in [0.2, 0.25) is 0 Å². The van der Waals surface area contributed by atoms with Gasteiger partial charge in [0.25, 0.3) is 5.91 Å². The zero-order chi connectivity index (χ0) is 14.3. The van der Waals surface area contributed by atoms with Crippen LogP contribution in [-0.4, -0.2) is 30.5 Å². The van der Waals surface area contributed by atoms with Gasteiger partial charge in [-0.25, -0.2) is 0 Å². The van der Waals surface area contributed by atoms with Crippen LogP contribution in [0.5, 0.6) is 0 Å². The first kappa shape index (κ1) is 15.9. The van der Waals surface area contributed by atoms with Crippen molar-refractivity contribution in [2.75, 3.05) is 23.9 Å². The lowest BCUT2D eigenvalue weighted by atomic mass is 10.1. The highest BCUT2D eigenvalue weighted by atomic mass is 32.2. The summed E-state index contributed by atoms with van der Waals surface area (Å²) in [5.41, 5.74) is 2.79. The van der Waals surface area contributed by atoms with Crippen molar-refractivity contribution in [1.82, 2.24) is 5.32 Å². The van der Waals surface area contributed by atoms with E-state index in [9.17, 15) is 4.79 Å². The van der Waals surface area contributed by atoms with Crippen LogP contribution in [0.15, 0.2) is 18.2 Å². The van der Waals surface area contributed by atoms with E-state index >= 15 is 0 Å². The van der Waals surface area contributed by atoms with Crippen LogP contribution in [-0.2, 0) is 0 Å². The van der Waals surface area contributed by atoms with Gasteiger partial charge in [0.1, 0.15) is 0 Å². The molecule has 0 radical (unpaired) electrons. The Hall–Kier alpha value is -1.16. The molecule has 0 heterocycles. The molecule has 0 aliphatic carbocycles. The molecule has 0 aliphatic rings. The van der Waals surface area contributed by atoms with Crippen molar-refractivity contribution >= 4 is 23.4 Å². The molecule has 1 unspecified atom stereocenters. The lowest BCUT2D eigenvalue weighted by Crippen LogP contribution is -2.33. The van der Waals surface area contributed by atoms with Crippen LogP contribution in [0.3, 0.4) is 0 Å². The van der Waals surface area contributed by atoms with Gasteiger partial charge in [-0.3, -0.25) is 4.79 Å². The third-order valence-electron chi connectivity index (χ3n) is 3.04. The molecule has 0 saturated carbocycles. The van der Waals surface area contributed by atoms with Crippen molar-refractivity contribution in [1.29, 1.82) is 0 Å². The van der Waals surface area contributed by atoms with Gasteiger partial charge in [0, 0.05) is 24.3 Å². The number of thioether (sulfide) groups is 1. The molecule has 106 valence electrons.